The number of carboxylic acid groups (broad SMARTS) is 1. The maximum atomic E-state index is 12.7. The van der Waals surface area contributed by atoms with E-state index in [1.807, 2.05) is 30.3 Å². The van der Waals surface area contributed by atoms with Crippen molar-refractivity contribution in [1.29, 1.82) is 0 Å². The van der Waals surface area contributed by atoms with E-state index in [0.717, 1.165) is 11.1 Å². The molecule has 3 rings (SSSR count). The summed E-state index contributed by atoms with van der Waals surface area (Å²) in [6.45, 7) is 1.70. The fourth-order valence-corrected chi connectivity index (χ4v) is 3.96. The molecule has 2 aromatic rings. The number of hydrogen-bond acceptors (Lipinski definition) is 2. The number of benzene rings is 2. The molecule has 2 N–H and O–H groups in total. The van der Waals surface area contributed by atoms with Gasteiger partial charge in [0.2, 0.25) is 5.91 Å². The Hall–Kier alpha value is -2.04. The van der Waals surface area contributed by atoms with Gasteiger partial charge in [0.25, 0.3) is 0 Å². The van der Waals surface area contributed by atoms with Gasteiger partial charge in [-0.15, -0.1) is 0 Å². The van der Waals surface area contributed by atoms with Gasteiger partial charge in [-0.05, 0) is 41.8 Å². The van der Waals surface area contributed by atoms with Crippen molar-refractivity contribution in [3.8, 4) is 0 Å². The van der Waals surface area contributed by atoms with Gasteiger partial charge in [0.15, 0.2) is 0 Å². The minimum atomic E-state index is -0.988. The van der Waals surface area contributed by atoms with Crippen LogP contribution in [0.25, 0.3) is 0 Å². The lowest BCUT2D eigenvalue weighted by atomic mass is 9.68. The third-order valence-corrected chi connectivity index (χ3v) is 5.44. The third kappa shape index (κ3) is 3.87. The quantitative estimate of drug-likeness (QED) is 0.784. The van der Waals surface area contributed by atoms with E-state index in [-0.39, 0.29) is 24.3 Å². The normalized spacial score (nSPS) is 25.6. The van der Waals surface area contributed by atoms with Gasteiger partial charge in [-0.1, -0.05) is 54.4 Å². The van der Waals surface area contributed by atoms with Crippen molar-refractivity contribution in [3.05, 3.63) is 69.7 Å². The Morgan fingerprint density at radius 2 is 1.85 bits per heavy atom. The van der Waals surface area contributed by atoms with E-state index in [0.29, 0.717) is 16.5 Å². The first kappa shape index (κ1) is 18.7. The van der Waals surface area contributed by atoms with Gasteiger partial charge in [0, 0.05) is 16.0 Å². The molecule has 0 radical (unpaired) electrons. The Balaban J connectivity index is 2.03. The number of halogens is 2. The number of rotatable bonds is 4. The minimum absolute atomic E-state index is 0.100. The fourth-order valence-electron chi connectivity index (χ4n) is 3.63. The summed E-state index contributed by atoms with van der Waals surface area (Å²) in [5, 5.41) is 13.5. The molecule has 0 aliphatic carbocycles. The molecule has 1 aliphatic heterocycles. The van der Waals surface area contributed by atoms with Crippen LogP contribution in [-0.2, 0) is 9.59 Å². The van der Waals surface area contributed by atoms with Gasteiger partial charge < -0.3 is 10.4 Å². The van der Waals surface area contributed by atoms with Gasteiger partial charge in [-0.25, -0.2) is 0 Å². The van der Waals surface area contributed by atoms with Crippen molar-refractivity contribution < 1.29 is 14.7 Å². The van der Waals surface area contributed by atoms with Gasteiger partial charge >= 0.3 is 5.97 Å². The van der Waals surface area contributed by atoms with Gasteiger partial charge in [0.1, 0.15) is 0 Å². The van der Waals surface area contributed by atoms with Gasteiger partial charge in [-0.2, -0.15) is 0 Å². The van der Waals surface area contributed by atoms with Crippen molar-refractivity contribution in [2.24, 2.45) is 5.41 Å². The highest BCUT2D eigenvalue weighted by Gasteiger charge is 2.46. The molecule has 0 saturated carbocycles. The first-order chi connectivity index (χ1) is 12.3. The third-order valence-electron chi connectivity index (χ3n) is 4.95. The van der Waals surface area contributed by atoms with Crippen LogP contribution in [0.1, 0.15) is 42.9 Å². The zero-order valence-corrected chi connectivity index (χ0v) is 15.7. The Kier molecular flexibility index (Phi) is 5.26. The van der Waals surface area contributed by atoms with Crippen molar-refractivity contribution in [3.63, 3.8) is 0 Å². The number of aliphatic carboxylic acids is 1. The molecule has 0 spiro atoms. The summed E-state index contributed by atoms with van der Waals surface area (Å²) in [5.41, 5.74) is 0.904. The second-order valence-electron chi connectivity index (χ2n) is 7.00. The zero-order valence-electron chi connectivity index (χ0n) is 14.2. The number of carbonyl (C=O) groups excluding carboxylic acids is 1. The molecule has 0 bridgehead atoms. The minimum Gasteiger partial charge on any atom is -0.481 e. The summed E-state index contributed by atoms with van der Waals surface area (Å²) >= 11 is 12.1. The van der Waals surface area contributed by atoms with Crippen molar-refractivity contribution in [1.82, 2.24) is 5.32 Å². The molecule has 0 unspecified atom stereocenters. The van der Waals surface area contributed by atoms with Crippen LogP contribution in [0.3, 0.4) is 0 Å². The number of carbonyl (C=O) groups is 2. The second kappa shape index (κ2) is 7.29. The Bertz CT molecular complexity index is 837. The maximum absolute atomic E-state index is 12.7. The van der Waals surface area contributed by atoms with E-state index >= 15 is 0 Å². The van der Waals surface area contributed by atoms with Crippen LogP contribution >= 0.6 is 23.2 Å². The fraction of sp³-hybridized carbons (Fsp3) is 0.300. The molecule has 0 aromatic heterocycles. The zero-order chi connectivity index (χ0) is 18.9. The monoisotopic (exact) mass is 391 g/mol. The lowest BCUT2D eigenvalue weighted by Crippen LogP contribution is -2.50. The summed E-state index contributed by atoms with van der Waals surface area (Å²) in [6, 6.07) is 14.5. The first-order valence-corrected chi connectivity index (χ1v) is 9.08. The van der Waals surface area contributed by atoms with Gasteiger partial charge in [-0.3, -0.25) is 9.59 Å². The predicted octanol–water partition coefficient (Wildman–Crippen LogP) is 4.82. The van der Waals surface area contributed by atoms with Crippen molar-refractivity contribution in [2.75, 3.05) is 0 Å². The molecule has 6 heteroatoms. The highest BCUT2D eigenvalue weighted by Crippen LogP contribution is 2.46. The molecular weight excluding hydrogens is 373 g/mol. The van der Waals surface area contributed by atoms with E-state index in [9.17, 15) is 14.7 Å². The molecule has 3 atom stereocenters. The van der Waals surface area contributed by atoms with Crippen LogP contribution in [0, 0.1) is 5.41 Å². The van der Waals surface area contributed by atoms with E-state index in [1.165, 1.54) is 0 Å². The predicted molar refractivity (Wildman–Crippen MR) is 102 cm³/mol. The van der Waals surface area contributed by atoms with Crippen LogP contribution < -0.4 is 5.32 Å². The van der Waals surface area contributed by atoms with E-state index < -0.39 is 11.4 Å². The number of carboxylic acids is 1. The molecule has 4 nitrogen and oxygen atoms in total. The molecule has 1 saturated heterocycles. The summed E-state index contributed by atoms with van der Waals surface area (Å²) in [5.74, 6) is -1.34. The van der Waals surface area contributed by atoms with Crippen LogP contribution in [0.4, 0.5) is 0 Å². The lowest BCUT2D eigenvalue weighted by molar-refractivity contribution is -0.147. The Morgan fingerprint density at radius 1 is 1.15 bits per heavy atom. The molecule has 1 fully saturated rings. The van der Waals surface area contributed by atoms with Crippen LogP contribution in [0.15, 0.2) is 48.5 Å². The van der Waals surface area contributed by atoms with Crippen molar-refractivity contribution >= 4 is 35.1 Å². The summed E-state index contributed by atoms with van der Waals surface area (Å²) in [4.78, 5) is 24.0. The molecule has 2 aromatic carbocycles. The van der Waals surface area contributed by atoms with Crippen molar-refractivity contribution in [2.45, 2.75) is 31.7 Å². The van der Waals surface area contributed by atoms with Crippen LogP contribution in [0.5, 0.6) is 0 Å². The Labute approximate surface area is 162 Å². The Morgan fingerprint density at radius 3 is 2.46 bits per heavy atom. The average Bonchev–Trinajstić information content (AvgIpc) is 2.57. The summed E-state index contributed by atoms with van der Waals surface area (Å²) in [7, 11) is 0. The van der Waals surface area contributed by atoms with E-state index in [2.05, 4.69) is 5.32 Å². The number of piperidine rings is 1. The smallest absolute Gasteiger partial charge is 0.304 e. The van der Waals surface area contributed by atoms with E-state index in [4.69, 9.17) is 23.2 Å². The molecular formula is C20H19Cl2NO3. The topological polar surface area (TPSA) is 66.4 Å². The number of nitrogens with one attached hydrogen (secondary N) is 1. The SMILES string of the molecule is C[C@]1(CC(=O)O)C[C@H](c2cccc(Cl)c2)[C@@H](c2ccc(Cl)cc2)NC1=O. The molecule has 1 amide bonds. The molecule has 1 heterocycles. The van der Waals surface area contributed by atoms with Crippen LogP contribution in [-0.4, -0.2) is 17.0 Å². The second-order valence-corrected chi connectivity index (χ2v) is 7.87. The largest absolute Gasteiger partial charge is 0.481 e. The highest BCUT2D eigenvalue weighted by molar-refractivity contribution is 6.30. The standard InChI is InChI=1S/C20H19Cl2NO3/c1-20(11-17(24)25)10-16(13-3-2-4-15(22)9-13)18(23-19(20)26)12-5-7-14(21)8-6-12/h2-9,16,18H,10-11H2,1H3,(H,23,26)(H,24,25)/t16-,18-,20-/m1/s1. The molecule has 26 heavy (non-hydrogen) atoms. The van der Waals surface area contributed by atoms with E-state index in [1.54, 1.807) is 25.1 Å². The number of amides is 1. The molecule has 1 aliphatic rings. The van der Waals surface area contributed by atoms with Gasteiger partial charge in [0.05, 0.1) is 17.9 Å². The molecule has 136 valence electrons. The lowest BCUT2D eigenvalue weighted by Gasteiger charge is -2.42. The number of hydrogen-bond donors (Lipinski definition) is 2. The summed E-state index contributed by atoms with van der Waals surface area (Å²) < 4.78 is 0. The van der Waals surface area contributed by atoms with Crippen LogP contribution in [0.2, 0.25) is 10.0 Å². The maximum Gasteiger partial charge on any atom is 0.304 e. The highest BCUT2D eigenvalue weighted by atomic mass is 35.5. The average molecular weight is 392 g/mol. The summed E-state index contributed by atoms with van der Waals surface area (Å²) in [6.07, 6.45) is 0.196. The first-order valence-electron chi connectivity index (χ1n) is 8.32.